The summed E-state index contributed by atoms with van der Waals surface area (Å²) in [5.41, 5.74) is 1.37. The Hall–Kier alpha value is -3.00. The molecule has 1 N–H and O–H groups in total. The summed E-state index contributed by atoms with van der Waals surface area (Å²) in [6, 6.07) is 8.80. The Morgan fingerprint density at radius 2 is 1.97 bits per heavy atom. The van der Waals surface area contributed by atoms with Gasteiger partial charge < -0.3 is 14.6 Å². The van der Waals surface area contributed by atoms with E-state index in [1.54, 1.807) is 18.6 Å². The summed E-state index contributed by atoms with van der Waals surface area (Å²) in [6.07, 6.45) is 6.05. The van der Waals surface area contributed by atoms with Gasteiger partial charge in [-0.3, -0.25) is 4.90 Å². The fourth-order valence-corrected chi connectivity index (χ4v) is 5.59. The van der Waals surface area contributed by atoms with Gasteiger partial charge in [0.15, 0.2) is 5.82 Å². The van der Waals surface area contributed by atoms with Crippen molar-refractivity contribution in [2.45, 2.75) is 44.4 Å². The molecule has 0 amide bonds. The minimum atomic E-state index is -0.980. The number of alkyl halides is 1. The minimum absolute atomic E-state index is 0.114. The smallest absolute Gasteiger partial charge is 0.151 e. The van der Waals surface area contributed by atoms with E-state index >= 15 is 4.39 Å². The highest BCUT2D eigenvalue weighted by atomic mass is 19.1. The summed E-state index contributed by atoms with van der Waals surface area (Å²) in [5, 5.41) is 19.3. The average Bonchev–Trinajstić information content (AvgIpc) is 3.31. The van der Waals surface area contributed by atoms with E-state index in [1.807, 2.05) is 60.9 Å². The predicted molar refractivity (Wildman–Crippen MR) is 122 cm³/mol. The number of hydrogen-bond acceptors (Lipinski definition) is 6. The zero-order valence-corrected chi connectivity index (χ0v) is 18.9. The normalized spacial score (nSPS) is 29.9. The average molecular weight is 437 g/mol. The lowest BCUT2D eigenvalue weighted by Gasteiger charge is -2.63. The molecule has 32 heavy (non-hydrogen) atoms. The van der Waals surface area contributed by atoms with Crippen LogP contribution in [0, 0.1) is 5.41 Å². The highest BCUT2D eigenvalue weighted by molar-refractivity contribution is 5.69. The third kappa shape index (κ3) is 3.08. The van der Waals surface area contributed by atoms with Crippen molar-refractivity contribution < 1.29 is 9.50 Å². The van der Waals surface area contributed by atoms with E-state index in [0.717, 1.165) is 25.1 Å². The first-order valence-electron chi connectivity index (χ1n) is 11.0. The van der Waals surface area contributed by atoms with Crippen LogP contribution in [0.5, 0.6) is 5.75 Å². The fraction of sp³-hybridized carbons (Fsp3) is 0.458. The van der Waals surface area contributed by atoms with Gasteiger partial charge in [-0.15, -0.1) is 10.2 Å². The number of fused-ring (bicyclic) bond motifs is 3. The lowest BCUT2D eigenvalue weighted by Crippen LogP contribution is -2.74. The number of imidazole rings is 1. The van der Waals surface area contributed by atoms with Gasteiger partial charge in [-0.25, -0.2) is 9.37 Å². The van der Waals surface area contributed by atoms with Gasteiger partial charge in [-0.2, -0.15) is 0 Å². The quantitative estimate of drug-likeness (QED) is 0.673. The van der Waals surface area contributed by atoms with Crippen molar-refractivity contribution in [3.63, 3.8) is 0 Å². The summed E-state index contributed by atoms with van der Waals surface area (Å²) < 4.78 is 17.6. The van der Waals surface area contributed by atoms with Crippen molar-refractivity contribution in [2.75, 3.05) is 25.5 Å². The summed E-state index contributed by atoms with van der Waals surface area (Å²) in [6.45, 7) is 5.07. The third-order valence-electron chi connectivity index (χ3n) is 7.75. The van der Waals surface area contributed by atoms with Crippen LogP contribution < -0.4 is 4.90 Å². The molecule has 2 bridgehead atoms. The molecule has 2 aromatic heterocycles. The van der Waals surface area contributed by atoms with Crippen molar-refractivity contribution in [1.82, 2.24) is 24.6 Å². The number of hydrogen-bond donors (Lipinski definition) is 1. The van der Waals surface area contributed by atoms with Crippen LogP contribution in [0.1, 0.15) is 26.7 Å². The van der Waals surface area contributed by atoms with Crippen LogP contribution in [0.3, 0.4) is 0 Å². The van der Waals surface area contributed by atoms with Crippen LogP contribution >= 0.6 is 0 Å². The van der Waals surface area contributed by atoms with Gasteiger partial charge >= 0.3 is 0 Å². The molecule has 1 aromatic carbocycles. The van der Waals surface area contributed by atoms with Gasteiger partial charge in [-0.05, 0) is 51.1 Å². The Morgan fingerprint density at radius 1 is 1.16 bits per heavy atom. The van der Waals surface area contributed by atoms with Gasteiger partial charge in [0.05, 0.1) is 29.3 Å². The second kappa shape index (κ2) is 7.27. The second-order valence-electron chi connectivity index (χ2n) is 9.77. The second-order valence-corrected chi connectivity index (χ2v) is 9.77. The molecule has 1 aliphatic carbocycles. The van der Waals surface area contributed by atoms with Crippen LogP contribution in [0.2, 0.25) is 0 Å². The molecule has 1 saturated carbocycles. The van der Waals surface area contributed by atoms with Gasteiger partial charge in [0.2, 0.25) is 0 Å². The number of nitrogens with zero attached hydrogens (tertiary/aromatic N) is 6. The summed E-state index contributed by atoms with van der Waals surface area (Å²) in [4.78, 5) is 8.16. The molecule has 4 heterocycles. The van der Waals surface area contributed by atoms with Gasteiger partial charge in [0.25, 0.3) is 0 Å². The molecule has 0 spiro atoms. The Kier molecular flexibility index (Phi) is 4.74. The summed E-state index contributed by atoms with van der Waals surface area (Å²) in [5.74, 6) is 0.749. The van der Waals surface area contributed by atoms with Crippen molar-refractivity contribution in [2.24, 2.45) is 5.41 Å². The van der Waals surface area contributed by atoms with Crippen molar-refractivity contribution in [1.29, 1.82) is 0 Å². The number of phenolic OH excluding ortho intramolecular Hbond substituents is 1. The first kappa shape index (κ1) is 20.9. The molecule has 6 rings (SSSR count). The molecule has 3 aromatic rings. The van der Waals surface area contributed by atoms with Gasteiger partial charge in [0, 0.05) is 43.0 Å². The van der Waals surface area contributed by atoms with E-state index in [9.17, 15) is 5.11 Å². The SMILES string of the molecule is CN(c1ccc(-c2ccc(-n3ccnc3)cc2O)nn1)C1C(F)[C@@]2(C)CCC1(C)CN2C. The van der Waals surface area contributed by atoms with E-state index in [0.29, 0.717) is 17.1 Å². The topological polar surface area (TPSA) is 70.3 Å². The Labute approximate surface area is 187 Å². The van der Waals surface area contributed by atoms with Crippen LogP contribution in [0.4, 0.5) is 10.2 Å². The number of anilines is 1. The molecular formula is C24H29FN6O. The summed E-state index contributed by atoms with van der Waals surface area (Å²) in [7, 11) is 3.94. The van der Waals surface area contributed by atoms with Gasteiger partial charge in [0.1, 0.15) is 11.9 Å². The molecule has 4 atom stereocenters. The molecule has 8 heteroatoms. The molecule has 7 nitrogen and oxygen atoms in total. The van der Waals surface area contributed by atoms with E-state index in [4.69, 9.17) is 0 Å². The number of halogens is 1. The fourth-order valence-electron chi connectivity index (χ4n) is 5.59. The monoisotopic (exact) mass is 436 g/mol. The number of phenols is 1. The van der Waals surface area contributed by atoms with E-state index in [2.05, 4.69) is 27.0 Å². The van der Waals surface area contributed by atoms with Crippen LogP contribution in [-0.2, 0) is 0 Å². The predicted octanol–water partition coefficient (Wildman–Crippen LogP) is 3.68. The zero-order valence-electron chi connectivity index (χ0n) is 18.9. The van der Waals surface area contributed by atoms with Crippen molar-refractivity contribution in [3.8, 4) is 22.7 Å². The van der Waals surface area contributed by atoms with Gasteiger partial charge in [-0.1, -0.05) is 6.92 Å². The van der Waals surface area contributed by atoms with E-state index in [1.165, 1.54) is 0 Å². The van der Waals surface area contributed by atoms with Crippen LogP contribution in [-0.4, -0.2) is 68.1 Å². The number of aromatic hydroxyl groups is 1. The Morgan fingerprint density at radius 3 is 2.59 bits per heavy atom. The first-order chi connectivity index (χ1) is 15.2. The number of rotatable bonds is 4. The largest absolute Gasteiger partial charge is 0.507 e. The first-order valence-corrected chi connectivity index (χ1v) is 11.0. The molecule has 2 saturated heterocycles. The highest BCUT2D eigenvalue weighted by Gasteiger charge is 2.61. The molecular weight excluding hydrogens is 407 g/mol. The Bertz CT molecular complexity index is 1120. The highest BCUT2D eigenvalue weighted by Crippen LogP contribution is 2.52. The van der Waals surface area contributed by atoms with E-state index < -0.39 is 11.7 Å². The number of aromatic nitrogens is 4. The standard InChI is InChI=1S/C24H29FN6O/c1-23-9-10-24(2,29(3)14-23)21(25)22(23)30(4)20-8-7-18(27-28-20)17-6-5-16(13-19(17)32)31-12-11-26-15-31/h5-8,11-13,15,21-22,32H,9-10,14H2,1-4H3/t21?,22?,23?,24-/m1/s1. The maximum Gasteiger partial charge on any atom is 0.151 e. The zero-order chi connectivity index (χ0) is 22.7. The maximum absolute atomic E-state index is 15.7. The molecule has 3 aliphatic rings. The van der Waals surface area contributed by atoms with Crippen molar-refractivity contribution in [3.05, 3.63) is 49.1 Å². The van der Waals surface area contributed by atoms with Crippen LogP contribution in [0.15, 0.2) is 49.1 Å². The molecule has 2 aliphatic heterocycles. The molecule has 168 valence electrons. The van der Waals surface area contributed by atoms with Crippen molar-refractivity contribution >= 4 is 5.82 Å². The lowest BCUT2D eigenvalue weighted by molar-refractivity contribution is -0.123. The minimum Gasteiger partial charge on any atom is -0.507 e. The third-order valence-corrected chi connectivity index (χ3v) is 7.75. The lowest BCUT2D eigenvalue weighted by atomic mass is 9.59. The number of benzene rings is 1. The maximum atomic E-state index is 15.7. The van der Waals surface area contributed by atoms with E-state index in [-0.39, 0.29) is 17.2 Å². The molecule has 0 radical (unpaired) electrons. The molecule has 3 unspecified atom stereocenters. The van der Waals surface area contributed by atoms with Crippen LogP contribution in [0.25, 0.3) is 16.9 Å². The Balaban J connectivity index is 1.41. The summed E-state index contributed by atoms with van der Waals surface area (Å²) >= 11 is 0. The molecule has 3 fully saturated rings. The number of piperidine rings is 2.